The van der Waals surface area contributed by atoms with E-state index in [0.717, 1.165) is 49.8 Å². The number of hydrogen-bond acceptors (Lipinski definition) is 1. The number of aromatic nitrogens is 1. The van der Waals surface area contributed by atoms with Gasteiger partial charge in [0.05, 0.1) is 22.7 Å². The second kappa shape index (κ2) is 12.5. The van der Waals surface area contributed by atoms with Crippen LogP contribution in [-0.2, 0) is 0 Å². The molecule has 0 N–H and O–H groups in total. The van der Waals surface area contributed by atoms with Crippen molar-refractivity contribution in [3.8, 4) is 56.3 Å². The number of nitrogens with zero attached hydrogens (tertiary/aromatic N) is 2. The standard InChI is InChI=1S/C51H32N2/c52-33-34-29-30-40(47(31-34)51-45-25-8-6-23-43(45)50(35-15-2-1-3-16-35)44-24-7-9-26-46(44)51)39-20-5-4-19-38(39)36-17-14-18-37(32-36)53-48-27-12-10-21-41(48)42-22-11-13-28-49(42)53/h1-32H. The van der Waals surface area contributed by atoms with Crippen molar-refractivity contribution in [1.29, 1.82) is 5.26 Å². The van der Waals surface area contributed by atoms with E-state index in [1.165, 1.54) is 43.7 Å². The smallest absolute Gasteiger partial charge is 0.0991 e. The average Bonchev–Trinajstić information content (AvgIpc) is 3.57. The van der Waals surface area contributed by atoms with E-state index in [9.17, 15) is 5.26 Å². The van der Waals surface area contributed by atoms with Crippen molar-refractivity contribution in [3.63, 3.8) is 0 Å². The molecule has 0 aliphatic heterocycles. The van der Waals surface area contributed by atoms with Gasteiger partial charge >= 0.3 is 0 Å². The van der Waals surface area contributed by atoms with E-state index in [4.69, 9.17) is 0 Å². The molecule has 1 aromatic heterocycles. The maximum absolute atomic E-state index is 10.2. The number of para-hydroxylation sites is 2. The van der Waals surface area contributed by atoms with Gasteiger partial charge in [-0.15, -0.1) is 0 Å². The maximum atomic E-state index is 10.2. The average molecular weight is 673 g/mol. The first-order valence-electron chi connectivity index (χ1n) is 18.0. The zero-order chi connectivity index (χ0) is 35.3. The van der Waals surface area contributed by atoms with Gasteiger partial charge in [-0.1, -0.05) is 158 Å². The lowest BCUT2D eigenvalue weighted by Gasteiger charge is -2.21. The highest BCUT2D eigenvalue weighted by Crippen LogP contribution is 2.47. The molecule has 0 aliphatic rings. The zero-order valence-corrected chi connectivity index (χ0v) is 28.9. The van der Waals surface area contributed by atoms with Crippen molar-refractivity contribution >= 4 is 43.4 Å². The molecule has 246 valence electrons. The lowest BCUT2D eigenvalue weighted by atomic mass is 9.82. The molecule has 0 spiro atoms. The molecule has 0 atom stereocenters. The van der Waals surface area contributed by atoms with Crippen LogP contribution in [0.5, 0.6) is 0 Å². The third-order valence-corrected chi connectivity index (χ3v) is 10.6. The van der Waals surface area contributed by atoms with E-state index in [-0.39, 0.29) is 0 Å². The second-order valence-electron chi connectivity index (χ2n) is 13.5. The van der Waals surface area contributed by atoms with Crippen molar-refractivity contribution in [1.82, 2.24) is 4.57 Å². The van der Waals surface area contributed by atoms with Gasteiger partial charge in [0.15, 0.2) is 0 Å². The molecule has 0 aliphatic carbocycles. The second-order valence-corrected chi connectivity index (χ2v) is 13.5. The third kappa shape index (κ3) is 4.94. The Kier molecular flexibility index (Phi) is 7.23. The lowest BCUT2D eigenvalue weighted by molar-refractivity contribution is 1.18. The topological polar surface area (TPSA) is 28.7 Å². The predicted octanol–water partition coefficient (Wildman–Crippen LogP) is 13.6. The summed E-state index contributed by atoms with van der Waals surface area (Å²) in [6.45, 7) is 0. The lowest BCUT2D eigenvalue weighted by Crippen LogP contribution is -1.96. The van der Waals surface area contributed by atoms with Crippen LogP contribution in [0, 0.1) is 11.3 Å². The molecule has 1 heterocycles. The van der Waals surface area contributed by atoms with Crippen LogP contribution >= 0.6 is 0 Å². The van der Waals surface area contributed by atoms with Crippen molar-refractivity contribution in [2.45, 2.75) is 0 Å². The molecule has 10 aromatic rings. The summed E-state index contributed by atoms with van der Waals surface area (Å²) in [6.07, 6.45) is 0. The van der Waals surface area contributed by atoms with Crippen LogP contribution in [0.25, 0.3) is 93.5 Å². The molecule has 0 radical (unpaired) electrons. The van der Waals surface area contributed by atoms with Gasteiger partial charge in [0.2, 0.25) is 0 Å². The van der Waals surface area contributed by atoms with Crippen molar-refractivity contribution in [2.24, 2.45) is 0 Å². The Morgan fingerprint density at radius 1 is 0.340 bits per heavy atom. The van der Waals surface area contributed by atoms with Gasteiger partial charge in [-0.25, -0.2) is 0 Å². The fourth-order valence-electron chi connectivity index (χ4n) is 8.37. The molecule has 0 unspecified atom stereocenters. The quantitative estimate of drug-likeness (QED) is 0.167. The number of fused-ring (bicyclic) bond motifs is 5. The zero-order valence-electron chi connectivity index (χ0n) is 28.9. The highest BCUT2D eigenvalue weighted by molar-refractivity contribution is 6.22. The SMILES string of the molecule is N#Cc1ccc(-c2ccccc2-c2cccc(-n3c4ccccc4c4ccccc43)c2)c(-c2c3ccccc3c(-c3ccccc3)c3ccccc23)c1. The Hall–Kier alpha value is -7.21. The van der Waals surface area contributed by atoms with Gasteiger partial charge in [-0.3, -0.25) is 0 Å². The molecule has 2 heteroatoms. The van der Waals surface area contributed by atoms with E-state index in [1.54, 1.807) is 0 Å². The first-order chi connectivity index (χ1) is 26.3. The molecule has 0 fully saturated rings. The summed E-state index contributed by atoms with van der Waals surface area (Å²) in [7, 11) is 0. The van der Waals surface area contributed by atoms with Gasteiger partial charge in [0, 0.05) is 16.5 Å². The fourth-order valence-corrected chi connectivity index (χ4v) is 8.37. The highest BCUT2D eigenvalue weighted by atomic mass is 15.0. The van der Waals surface area contributed by atoms with Crippen LogP contribution in [0.4, 0.5) is 0 Å². The first-order valence-corrected chi connectivity index (χ1v) is 18.0. The van der Waals surface area contributed by atoms with Crippen LogP contribution in [0.1, 0.15) is 5.56 Å². The molecule has 0 saturated carbocycles. The number of nitriles is 1. The predicted molar refractivity (Wildman–Crippen MR) is 222 cm³/mol. The van der Waals surface area contributed by atoms with Gasteiger partial charge < -0.3 is 4.57 Å². The number of benzene rings is 9. The minimum atomic E-state index is 0.634. The molecule has 0 bridgehead atoms. The summed E-state index contributed by atoms with van der Waals surface area (Å²) >= 11 is 0. The maximum Gasteiger partial charge on any atom is 0.0991 e. The molecular formula is C51H32N2. The van der Waals surface area contributed by atoms with Gasteiger partial charge in [0.25, 0.3) is 0 Å². The minimum Gasteiger partial charge on any atom is -0.309 e. The summed E-state index contributed by atoms with van der Waals surface area (Å²) in [5.41, 5.74) is 13.2. The number of hydrogen-bond donors (Lipinski definition) is 0. The Morgan fingerprint density at radius 2 is 0.830 bits per heavy atom. The van der Waals surface area contributed by atoms with Crippen LogP contribution < -0.4 is 0 Å². The van der Waals surface area contributed by atoms with Gasteiger partial charge in [0.1, 0.15) is 0 Å². The molecule has 10 rings (SSSR count). The van der Waals surface area contributed by atoms with Crippen LogP contribution in [0.3, 0.4) is 0 Å². The summed E-state index contributed by atoms with van der Waals surface area (Å²) in [5, 5.41) is 17.4. The molecule has 0 amide bonds. The highest BCUT2D eigenvalue weighted by Gasteiger charge is 2.21. The first kappa shape index (κ1) is 30.6. The minimum absolute atomic E-state index is 0.634. The van der Waals surface area contributed by atoms with Crippen molar-refractivity contribution < 1.29 is 0 Å². The van der Waals surface area contributed by atoms with E-state index in [2.05, 4.69) is 199 Å². The molecule has 2 nitrogen and oxygen atoms in total. The van der Waals surface area contributed by atoms with Crippen molar-refractivity contribution in [3.05, 3.63) is 200 Å². The Morgan fingerprint density at radius 3 is 1.45 bits per heavy atom. The Balaban J connectivity index is 1.23. The largest absolute Gasteiger partial charge is 0.309 e. The Labute approximate surface area is 308 Å². The normalized spacial score (nSPS) is 11.4. The monoisotopic (exact) mass is 672 g/mol. The van der Waals surface area contributed by atoms with Crippen LogP contribution in [0.2, 0.25) is 0 Å². The summed E-state index contributed by atoms with van der Waals surface area (Å²) in [6, 6.07) is 71.5. The summed E-state index contributed by atoms with van der Waals surface area (Å²) in [4.78, 5) is 0. The van der Waals surface area contributed by atoms with Crippen molar-refractivity contribution in [2.75, 3.05) is 0 Å². The Bertz CT molecular complexity index is 2960. The summed E-state index contributed by atoms with van der Waals surface area (Å²) < 4.78 is 2.37. The molecular weight excluding hydrogens is 641 g/mol. The molecule has 53 heavy (non-hydrogen) atoms. The molecule has 0 saturated heterocycles. The van der Waals surface area contributed by atoms with E-state index in [0.29, 0.717) is 5.56 Å². The van der Waals surface area contributed by atoms with E-state index < -0.39 is 0 Å². The summed E-state index contributed by atoms with van der Waals surface area (Å²) in [5.74, 6) is 0. The van der Waals surface area contributed by atoms with E-state index in [1.807, 2.05) is 6.07 Å². The van der Waals surface area contributed by atoms with Gasteiger partial charge in [-0.2, -0.15) is 5.26 Å². The fraction of sp³-hybridized carbons (Fsp3) is 0. The number of rotatable bonds is 5. The van der Waals surface area contributed by atoms with Gasteiger partial charge in [-0.05, 0) is 102 Å². The molecule has 9 aromatic carbocycles. The third-order valence-electron chi connectivity index (χ3n) is 10.6. The van der Waals surface area contributed by atoms with E-state index >= 15 is 0 Å². The van der Waals surface area contributed by atoms with Crippen LogP contribution in [0.15, 0.2) is 194 Å². The van der Waals surface area contributed by atoms with Crippen LogP contribution in [-0.4, -0.2) is 4.57 Å².